The zero-order chi connectivity index (χ0) is 25.5. The van der Waals surface area contributed by atoms with Crippen molar-refractivity contribution in [3.8, 4) is 5.75 Å². The van der Waals surface area contributed by atoms with E-state index in [-0.39, 0.29) is 17.7 Å². The summed E-state index contributed by atoms with van der Waals surface area (Å²) in [7, 11) is 0. The lowest BCUT2D eigenvalue weighted by molar-refractivity contribution is 0.291. The van der Waals surface area contributed by atoms with E-state index >= 15 is 8.78 Å². The normalized spacial score (nSPS) is 24.8. The van der Waals surface area contributed by atoms with Crippen LogP contribution in [0.1, 0.15) is 113 Å². The van der Waals surface area contributed by atoms with Crippen molar-refractivity contribution in [3.05, 3.63) is 70.5 Å². The van der Waals surface area contributed by atoms with Crippen molar-refractivity contribution in [2.45, 2.75) is 96.3 Å². The Hall–Kier alpha value is -2.23. The lowest BCUT2D eigenvalue weighted by atomic mass is 9.76. The van der Waals surface area contributed by atoms with Crippen LogP contribution >= 0.6 is 0 Å². The molecular weight excluding hydrogens is 457 g/mol. The summed E-state index contributed by atoms with van der Waals surface area (Å²) in [5.41, 5.74) is 1.93. The number of benzene rings is 2. The van der Waals surface area contributed by atoms with Gasteiger partial charge < -0.3 is 4.74 Å². The number of allylic oxidation sites excluding steroid dienone is 1. The smallest absolute Gasteiger partial charge is 0.165 e. The molecule has 2 saturated carbocycles. The molecule has 0 aromatic heterocycles. The summed E-state index contributed by atoms with van der Waals surface area (Å²) in [6.45, 7) is 4.90. The predicted molar refractivity (Wildman–Crippen MR) is 142 cm³/mol. The first-order chi connectivity index (χ1) is 17.5. The molecule has 196 valence electrons. The van der Waals surface area contributed by atoms with Gasteiger partial charge in [0.2, 0.25) is 0 Å². The van der Waals surface area contributed by atoms with Crippen molar-refractivity contribution in [1.29, 1.82) is 0 Å². The number of unbranched alkanes of at least 4 members (excludes halogenated alkanes) is 2. The van der Waals surface area contributed by atoms with Crippen LogP contribution in [0.4, 0.5) is 13.2 Å². The summed E-state index contributed by atoms with van der Waals surface area (Å²) < 4.78 is 50.0. The van der Waals surface area contributed by atoms with Crippen LogP contribution in [0.25, 0.3) is 6.08 Å². The maximum Gasteiger partial charge on any atom is 0.165 e. The summed E-state index contributed by atoms with van der Waals surface area (Å²) in [6, 6.07) is 8.80. The van der Waals surface area contributed by atoms with E-state index in [4.69, 9.17) is 4.74 Å². The minimum absolute atomic E-state index is 0.0613. The maximum atomic E-state index is 15.1. The molecule has 2 fully saturated rings. The Labute approximate surface area is 215 Å². The molecule has 0 N–H and O–H groups in total. The molecule has 2 aliphatic carbocycles. The van der Waals surface area contributed by atoms with Crippen LogP contribution in [0.2, 0.25) is 0 Å². The summed E-state index contributed by atoms with van der Waals surface area (Å²) in [5.74, 6) is -0.00556. The molecule has 0 atom stereocenters. The molecule has 0 aliphatic heterocycles. The van der Waals surface area contributed by atoms with E-state index in [1.54, 1.807) is 6.07 Å². The number of rotatable bonds is 9. The average molecular weight is 499 g/mol. The fourth-order valence-electron chi connectivity index (χ4n) is 5.92. The zero-order valence-electron chi connectivity index (χ0n) is 21.9. The molecule has 2 aromatic rings. The SMILES string of the molecule is CCCCCOc1ccc(/C=C/C2CCC(c3ccc(C4CCC(C)CC4)c(F)c3F)CC2)cc1F. The Morgan fingerprint density at radius 2 is 1.42 bits per heavy atom. The molecule has 0 bridgehead atoms. The first-order valence-electron chi connectivity index (χ1n) is 14.0. The lowest BCUT2D eigenvalue weighted by Gasteiger charge is -2.29. The molecular formula is C32H41F3O. The highest BCUT2D eigenvalue weighted by Crippen LogP contribution is 2.41. The van der Waals surface area contributed by atoms with Gasteiger partial charge >= 0.3 is 0 Å². The molecule has 1 nitrogen and oxygen atoms in total. The van der Waals surface area contributed by atoms with Crippen molar-refractivity contribution in [3.63, 3.8) is 0 Å². The lowest BCUT2D eigenvalue weighted by Crippen LogP contribution is -2.16. The fourth-order valence-corrected chi connectivity index (χ4v) is 5.92. The second-order valence-corrected chi connectivity index (χ2v) is 11.0. The summed E-state index contributed by atoms with van der Waals surface area (Å²) in [6.07, 6.45) is 14.8. The van der Waals surface area contributed by atoms with E-state index < -0.39 is 11.6 Å². The highest BCUT2D eigenvalue weighted by atomic mass is 19.2. The van der Waals surface area contributed by atoms with Crippen molar-refractivity contribution >= 4 is 6.08 Å². The highest BCUT2D eigenvalue weighted by Gasteiger charge is 2.28. The molecule has 2 aromatic carbocycles. The van der Waals surface area contributed by atoms with Crippen LogP contribution in [0.15, 0.2) is 36.4 Å². The van der Waals surface area contributed by atoms with Gasteiger partial charge in [-0.25, -0.2) is 13.2 Å². The maximum absolute atomic E-state index is 15.1. The summed E-state index contributed by atoms with van der Waals surface area (Å²) in [5, 5.41) is 0. The standard InChI is InChI=1S/C32H41F3O/c1-3-4-5-20-36-30-19-12-24(21-29(30)33)9-8-23-10-15-26(16-11-23)28-18-17-27(31(34)32(28)35)25-13-6-22(2)7-14-25/h8-9,12,17-19,21-23,25-26H,3-7,10-11,13-16,20H2,1-2H3/b9-8+. The fraction of sp³-hybridized carbons (Fsp3) is 0.562. The monoisotopic (exact) mass is 498 g/mol. The van der Waals surface area contributed by atoms with Gasteiger partial charge in [-0.15, -0.1) is 0 Å². The van der Waals surface area contributed by atoms with Gasteiger partial charge in [0, 0.05) is 0 Å². The molecule has 0 spiro atoms. The number of hydrogen-bond acceptors (Lipinski definition) is 1. The van der Waals surface area contributed by atoms with Crippen molar-refractivity contribution in [2.24, 2.45) is 11.8 Å². The Balaban J connectivity index is 1.31. The summed E-state index contributed by atoms with van der Waals surface area (Å²) >= 11 is 0. The molecule has 0 amide bonds. The molecule has 0 radical (unpaired) electrons. The Kier molecular flexibility index (Phi) is 9.56. The van der Waals surface area contributed by atoms with E-state index in [1.165, 1.54) is 6.07 Å². The number of halogens is 3. The second-order valence-electron chi connectivity index (χ2n) is 11.0. The van der Waals surface area contributed by atoms with Gasteiger partial charge in [-0.1, -0.05) is 69.9 Å². The van der Waals surface area contributed by atoms with Gasteiger partial charge in [0.05, 0.1) is 6.61 Å². The van der Waals surface area contributed by atoms with Crippen LogP contribution in [0, 0.1) is 29.3 Å². The van der Waals surface area contributed by atoms with Crippen LogP contribution in [0.5, 0.6) is 5.75 Å². The molecule has 0 unspecified atom stereocenters. The second kappa shape index (κ2) is 12.8. The van der Waals surface area contributed by atoms with E-state index in [1.807, 2.05) is 24.3 Å². The quantitative estimate of drug-likeness (QED) is 0.313. The van der Waals surface area contributed by atoms with Gasteiger partial charge in [0.15, 0.2) is 23.2 Å². The Morgan fingerprint density at radius 1 is 0.806 bits per heavy atom. The number of hydrogen-bond donors (Lipinski definition) is 0. The van der Waals surface area contributed by atoms with Gasteiger partial charge in [0.25, 0.3) is 0 Å². The van der Waals surface area contributed by atoms with Gasteiger partial charge in [-0.05, 0) is 97.4 Å². The minimum atomic E-state index is -0.627. The molecule has 4 rings (SSSR count). The van der Waals surface area contributed by atoms with Crippen LogP contribution in [0.3, 0.4) is 0 Å². The van der Waals surface area contributed by atoms with Gasteiger partial charge in [0.1, 0.15) is 0 Å². The molecule has 0 saturated heterocycles. The van der Waals surface area contributed by atoms with Crippen LogP contribution in [-0.4, -0.2) is 6.61 Å². The van der Waals surface area contributed by atoms with Crippen molar-refractivity contribution in [2.75, 3.05) is 6.61 Å². The molecule has 4 heteroatoms. The van der Waals surface area contributed by atoms with E-state index in [0.717, 1.165) is 76.2 Å². The zero-order valence-corrected chi connectivity index (χ0v) is 21.9. The van der Waals surface area contributed by atoms with Crippen LogP contribution in [-0.2, 0) is 0 Å². The summed E-state index contributed by atoms with van der Waals surface area (Å²) in [4.78, 5) is 0. The molecule has 0 heterocycles. The topological polar surface area (TPSA) is 9.23 Å². The molecule has 36 heavy (non-hydrogen) atoms. The van der Waals surface area contributed by atoms with Crippen LogP contribution < -0.4 is 4.74 Å². The van der Waals surface area contributed by atoms with Gasteiger partial charge in [-0.2, -0.15) is 0 Å². The van der Waals surface area contributed by atoms with E-state index in [9.17, 15) is 4.39 Å². The first-order valence-corrected chi connectivity index (χ1v) is 14.0. The third kappa shape index (κ3) is 6.75. The number of ether oxygens (including phenoxy) is 1. The Bertz CT molecular complexity index is 1010. The Morgan fingerprint density at radius 3 is 2.00 bits per heavy atom. The predicted octanol–water partition coefficient (Wildman–Crippen LogP) is 9.95. The van der Waals surface area contributed by atoms with E-state index in [2.05, 4.69) is 19.9 Å². The first kappa shape index (κ1) is 26.8. The van der Waals surface area contributed by atoms with Crippen molar-refractivity contribution < 1.29 is 17.9 Å². The third-order valence-corrected chi connectivity index (χ3v) is 8.33. The third-order valence-electron chi connectivity index (χ3n) is 8.33. The average Bonchev–Trinajstić information content (AvgIpc) is 2.89. The largest absolute Gasteiger partial charge is 0.491 e. The van der Waals surface area contributed by atoms with Gasteiger partial charge in [-0.3, -0.25) is 0 Å². The highest BCUT2D eigenvalue weighted by molar-refractivity contribution is 5.51. The van der Waals surface area contributed by atoms with Crippen molar-refractivity contribution in [1.82, 2.24) is 0 Å². The van der Waals surface area contributed by atoms with E-state index in [0.29, 0.717) is 35.3 Å². The minimum Gasteiger partial charge on any atom is -0.491 e. The molecule has 2 aliphatic rings.